The normalized spacial score (nSPS) is 26.6. The van der Waals surface area contributed by atoms with Crippen LogP contribution < -0.4 is 14.4 Å². The maximum Gasteiger partial charge on any atom is 0.264 e. The maximum absolute atomic E-state index is 13.3. The fourth-order valence-corrected chi connectivity index (χ4v) is 8.56. The molecule has 1 saturated carbocycles. The highest BCUT2D eigenvalue weighted by atomic mass is 35.5. The molecule has 0 spiro atoms. The summed E-state index contributed by atoms with van der Waals surface area (Å²) >= 11 is 6.44. The molecule has 9 nitrogen and oxygen atoms in total. The monoisotopic (exact) mass is 699 g/mol. The lowest BCUT2D eigenvalue weighted by atomic mass is 9.70. The number of hydrogen-bond donors (Lipinski definition) is 1. The van der Waals surface area contributed by atoms with Gasteiger partial charge in [0.2, 0.25) is 10.0 Å². The minimum Gasteiger partial charge on any atom is -0.491 e. The molecule has 1 amide bonds. The van der Waals surface area contributed by atoms with Gasteiger partial charge in [0, 0.05) is 43.3 Å². The van der Waals surface area contributed by atoms with E-state index in [0.717, 1.165) is 107 Å². The minimum atomic E-state index is -3.80. The Kier molecular flexibility index (Phi) is 12.4. The third-order valence-corrected chi connectivity index (χ3v) is 11.8. The van der Waals surface area contributed by atoms with Gasteiger partial charge in [-0.15, -0.1) is 0 Å². The smallest absolute Gasteiger partial charge is 0.264 e. The quantitative estimate of drug-likeness (QED) is 0.410. The Morgan fingerprint density at radius 3 is 2.65 bits per heavy atom. The summed E-state index contributed by atoms with van der Waals surface area (Å²) in [6, 6.07) is 11.5. The molecule has 1 unspecified atom stereocenters. The number of carbonyl (C=O) groups excluding carboxylic acids is 1. The fraction of sp³-hybridized carbons (Fsp3) is 0.595. The second-order valence-electron chi connectivity index (χ2n) is 13.6. The predicted molar refractivity (Wildman–Crippen MR) is 190 cm³/mol. The summed E-state index contributed by atoms with van der Waals surface area (Å²) in [5, 5.41) is 0.757. The average molecular weight is 700 g/mol. The summed E-state index contributed by atoms with van der Waals surface area (Å²) < 4.78 is 46.7. The molecule has 2 aromatic rings. The van der Waals surface area contributed by atoms with Crippen LogP contribution in [0.1, 0.15) is 66.4 Å². The molecule has 2 aromatic carbocycles. The second kappa shape index (κ2) is 16.9. The van der Waals surface area contributed by atoms with E-state index in [1.165, 1.54) is 11.1 Å². The molecule has 11 heteroatoms. The predicted octanol–water partition coefficient (Wildman–Crippen LogP) is 5.65. The van der Waals surface area contributed by atoms with Gasteiger partial charge in [0.1, 0.15) is 5.75 Å². The van der Waals surface area contributed by atoms with Crippen LogP contribution in [-0.2, 0) is 32.3 Å². The van der Waals surface area contributed by atoms with E-state index in [-0.39, 0.29) is 11.9 Å². The number of anilines is 1. The van der Waals surface area contributed by atoms with Crippen molar-refractivity contribution >= 4 is 33.2 Å². The highest BCUT2D eigenvalue weighted by Gasteiger charge is 2.38. The third kappa shape index (κ3) is 9.53. The molecule has 1 saturated heterocycles. The van der Waals surface area contributed by atoms with Crippen molar-refractivity contribution in [2.75, 3.05) is 69.8 Å². The molecule has 3 heterocycles. The molecule has 6 rings (SSSR count). The number of benzene rings is 2. The van der Waals surface area contributed by atoms with Crippen LogP contribution in [0, 0.1) is 11.8 Å². The highest BCUT2D eigenvalue weighted by Crippen LogP contribution is 2.41. The highest BCUT2D eigenvalue weighted by molar-refractivity contribution is 7.90. The number of morpholine rings is 1. The molecule has 0 aromatic heterocycles. The summed E-state index contributed by atoms with van der Waals surface area (Å²) in [6.07, 6.45) is 12.2. The Balaban J connectivity index is 1.31. The van der Waals surface area contributed by atoms with Gasteiger partial charge in [0.25, 0.3) is 5.91 Å². The number of allylic oxidation sites excluding steroid dienone is 1. The standard InChI is InChI=1S/C37H50ClN3O6S/c38-32-12-9-28-15-16-41-27-31-10-13-33(31)35(47-23-19-40-17-21-45-22-18-40)8-4-2-6-24-48(43,44)39-37(42)30-11-14-36(34(41)26-30)46-20-5-1-3-7-29(28)25-32/h4,8-9,11-12,14,25-26,31,33,35H,1-3,5-7,10,13,15-24,27H2,(H,39,42)/b8-4+/t31-,33?,35+/m0/s1. The lowest BCUT2D eigenvalue weighted by Crippen LogP contribution is -2.45. The van der Waals surface area contributed by atoms with Crippen molar-refractivity contribution < 1.29 is 27.4 Å². The fourth-order valence-electron chi connectivity index (χ4n) is 7.32. The van der Waals surface area contributed by atoms with Crippen LogP contribution in [0.5, 0.6) is 5.75 Å². The number of fused-ring (bicyclic) bond motifs is 3. The van der Waals surface area contributed by atoms with Gasteiger partial charge in [-0.2, -0.15) is 0 Å². The van der Waals surface area contributed by atoms with Crippen molar-refractivity contribution in [3.8, 4) is 5.75 Å². The molecule has 2 fully saturated rings. The zero-order valence-electron chi connectivity index (χ0n) is 27.9. The molecular formula is C37H50ClN3O6S. The Morgan fingerprint density at radius 1 is 0.938 bits per heavy atom. The van der Waals surface area contributed by atoms with Gasteiger partial charge >= 0.3 is 0 Å². The van der Waals surface area contributed by atoms with Crippen LogP contribution in [0.15, 0.2) is 48.6 Å². The van der Waals surface area contributed by atoms with Crippen molar-refractivity contribution in [1.82, 2.24) is 9.62 Å². The molecule has 1 aliphatic carbocycles. The van der Waals surface area contributed by atoms with E-state index in [4.69, 9.17) is 25.8 Å². The number of ether oxygens (including phenoxy) is 3. The Morgan fingerprint density at radius 2 is 1.81 bits per heavy atom. The van der Waals surface area contributed by atoms with Crippen molar-refractivity contribution in [1.29, 1.82) is 0 Å². The maximum atomic E-state index is 13.3. The number of rotatable bonds is 4. The third-order valence-electron chi connectivity index (χ3n) is 10.3. The van der Waals surface area contributed by atoms with E-state index >= 15 is 0 Å². The van der Waals surface area contributed by atoms with Gasteiger partial charge in [-0.25, -0.2) is 13.1 Å². The molecule has 3 aliphatic heterocycles. The summed E-state index contributed by atoms with van der Waals surface area (Å²) in [5.41, 5.74) is 3.71. The molecule has 0 radical (unpaired) electrons. The van der Waals surface area contributed by atoms with Crippen molar-refractivity contribution in [2.24, 2.45) is 11.8 Å². The Bertz CT molecular complexity index is 1530. The number of amides is 1. The van der Waals surface area contributed by atoms with Gasteiger partial charge < -0.3 is 19.1 Å². The largest absolute Gasteiger partial charge is 0.491 e. The second-order valence-corrected chi connectivity index (χ2v) is 15.8. The van der Waals surface area contributed by atoms with Gasteiger partial charge in [-0.1, -0.05) is 29.8 Å². The van der Waals surface area contributed by atoms with Gasteiger partial charge in [-0.05, 0) is 111 Å². The van der Waals surface area contributed by atoms with E-state index in [1.807, 2.05) is 18.2 Å². The van der Waals surface area contributed by atoms with E-state index in [9.17, 15) is 13.2 Å². The van der Waals surface area contributed by atoms with Gasteiger partial charge in [0.05, 0.1) is 44.0 Å². The first-order chi connectivity index (χ1) is 23.3. The van der Waals surface area contributed by atoms with Crippen LogP contribution in [0.4, 0.5) is 5.69 Å². The number of halogens is 1. The van der Waals surface area contributed by atoms with Crippen LogP contribution in [0.3, 0.4) is 0 Å². The Labute approximate surface area is 291 Å². The van der Waals surface area contributed by atoms with Crippen molar-refractivity contribution in [2.45, 2.75) is 63.9 Å². The molecule has 2 bridgehead atoms. The summed E-state index contributed by atoms with van der Waals surface area (Å²) in [7, 11) is -3.80. The van der Waals surface area contributed by atoms with E-state index in [1.54, 1.807) is 6.07 Å². The summed E-state index contributed by atoms with van der Waals surface area (Å²) in [6.45, 7) is 6.95. The zero-order valence-corrected chi connectivity index (χ0v) is 29.5. The first-order valence-electron chi connectivity index (χ1n) is 17.8. The zero-order chi connectivity index (χ0) is 33.3. The van der Waals surface area contributed by atoms with Crippen LogP contribution >= 0.6 is 11.6 Å². The van der Waals surface area contributed by atoms with Crippen molar-refractivity contribution in [3.63, 3.8) is 0 Å². The number of hydrogen-bond acceptors (Lipinski definition) is 8. The first-order valence-corrected chi connectivity index (χ1v) is 19.8. The molecule has 48 heavy (non-hydrogen) atoms. The van der Waals surface area contributed by atoms with Crippen LogP contribution in [0.2, 0.25) is 5.02 Å². The SMILES string of the molecule is O=C1NS(=O)(=O)CCC/C=C/[C@@H](OCCN2CCOCC2)C2CC[C@H]2CN2CCc3ccc(Cl)cc3CCCCCOc3ccc1cc32. The lowest BCUT2D eigenvalue weighted by molar-refractivity contribution is -0.0313. The molecular weight excluding hydrogens is 650 g/mol. The number of sulfonamides is 1. The number of nitrogens with one attached hydrogen (secondary N) is 1. The number of nitrogens with zero attached hydrogens (tertiary/aromatic N) is 2. The topological polar surface area (TPSA) is 97.4 Å². The number of aryl methyl sites for hydroxylation is 1. The van der Waals surface area contributed by atoms with Crippen LogP contribution in [0.25, 0.3) is 0 Å². The van der Waals surface area contributed by atoms with E-state index < -0.39 is 15.9 Å². The minimum absolute atomic E-state index is 0.0464. The number of carbonyl (C=O) groups is 1. The molecule has 262 valence electrons. The first kappa shape index (κ1) is 35.2. The molecule has 4 aliphatic rings. The van der Waals surface area contributed by atoms with Crippen LogP contribution in [-0.4, -0.2) is 90.2 Å². The van der Waals surface area contributed by atoms with E-state index in [2.05, 4.69) is 38.8 Å². The molecule has 3 atom stereocenters. The summed E-state index contributed by atoms with van der Waals surface area (Å²) in [5.74, 6) is 0.719. The molecule has 1 N–H and O–H groups in total. The Hall–Kier alpha value is -2.63. The summed E-state index contributed by atoms with van der Waals surface area (Å²) in [4.78, 5) is 18.1. The van der Waals surface area contributed by atoms with Gasteiger partial charge in [0.15, 0.2) is 0 Å². The average Bonchev–Trinajstić information content (AvgIpc) is 3.07. The van der Waals surface area contributed by atoms with Gasteiger partial charge in [-0.3, -0.25) is 9.69 Å². The van der Waals surface area contributed by atoms with E-state index in [0.29, 0.717) is 43.5 Å². The van der Waals surface area contributed by atoms with Crippen molar-refractivity contribution in [3.05, 3.63) is 70.3 Å². The lowest BCUT2D eigenvalue weighted by Gasteiger charge is -2.44.